The van der Waals surface area contributed by atoms with Crippen LogP contribution in [0.25, 0.3) is 0 Å². The molecule has 0 aromatic carbocycles. The van der Waals surface area contributed by atoms with Gasteiger partial charge in [0, 0.05) is 48.9 Å². The van der Waals surface area contributed by atoms with Gasteiger partial charge in [0.05, 0.1) is 9.77 Å². The van der Waals surface area contributed by atoms with Crippen LogP contribution in [0.5, 0.6) is 0 Å². The molecule has 0 bridgehead atoms. The number of carbonyl (C=O) groups is 1. The number of nitrogens with zero attached hydrogens (tertiary/aromatic N) is 2. The summed E-state index contributed by atoms with van der Waals surface area (Å²) in [4.78, 5) is 19.1. The van der Waals surface area contributed by atoms with Gasteiger partial charge < -0.3 is 10.2 Å². The number of thioether (sulfide) groups is 1. The first-order valence-corrected chi connectivity index (χ1v) is 17.8. The number of nitrogens with one attached hydrogen (secondary N) is 1. The predicted molar refractivity (Wildman–Crippen MR) is 168 cm³/mol. The van der Waals surface area contributed by atoms with Crippen LogP contribution in [0.1, 0.15) is 132 Å². The molecular weight excluding hydrogens is 507 g/mol. The van der Waals surface area contributed by atoms with Crippen molar-refractivity contribution in [3.63, 3.8) is 0 Å². The van der Waals surface area contributed by atoms with Crippen molar-refractivity contribution in [2.75, 3.05) is 39.3 Å². The molecule has 0 aliphatic carbocycles. The Morgan fingerprint density at radius 3 is 2.24 bits per heavy atom. The molecule has 2 unspecified atom stereocenters. The van der Waals surface area contributed by atoms with Gasteiger partial charge in [-0.3, -0.25) is 9.69 Å². The van der Waals surface area contributed by atoms with Gasteiger partial charge in [-0.05, 0) is 45.2 Å². The molecular formula is C32H57N3OS2. The third-order valence-corrected chi connectivity index (χ3v) is 11.1. The van der Waals surface area contributed by atoms with Crippen molar-refractivity contribution < 1.29 is 4.79 Å². The van der Waals surface area contributed by atoms with Crippen LogP contribution in [-0.2, 0) is 0 Å². The van der Waals surface area contributed by atoms with E-state index in [0.29, 0.717) is 5.25 Å². The maximum Gasteiger partial charge on any atom is 0.253 e. The van der Waals surface area contributed by atoms with Crippen LogP contribution >= 0.6 is 23.1 Å². The van der Waals surface area contributed by atoms with E-state index in [1.54, 1.807) is 11.3 Å². The summed E-state index contributed by atoms with van der Waals surface area (Å²) in [6.45, 7) is 13.8. The van der Waals surface area contributed by atoms with Gasteiger partial charge in [0.25, 0.3) is 5.91 Å². The van der Waals surface area contributed by atoms with E-state index in [1.807, 2.05) is 17.8 Å². The summed E-state index contributed by atoms with van der Waals surface area (Å²) in [7, 11) is 0. The third kappa shape index (κ3) is 11.5. The van der Waals surface area contributed by atoms with Crippen molar-refractivity contribution in [1.82, 2.24) is 15.1 Å². The molecule has 1 amide bonds. The zero-order chi connectivity index (χ0) is 27.0. The van der Waals surface area contributed by atoms with Gasteiger partial charge in [-0.1, -0.05) is 90.9 Å². The van der Waals surface area contributed by atoms with Gasteiger partial charge in [0.15, 0.2) is 0 Å². The van der Waals surface area contributed by atoms with Crippen molar-refractivity contribution in [2.24, 2.45) is 0 Å². The van der Waals surface area contributed by atoms with Gasteiger partial charge >= 0.3 is 0 Å². The number of hydrogen-bond acceptors (Lipinski definition) is 5. The Morgan fingerprint density at radius 2 is 1.55 bits per heavy atom. The normalized spacial score (nSPS) is 19.8. The first-order chi connectivity index (χ1) is 18.6. The van der Waals surface area contributed by atoms with E-state index < -0.39 is 0 Å². The lowest BCUT2D eigenvalue weighted by atomic mass is 10.00. The Morgan fingerprint density at radius 1 is 0.868 bits per heavy atom. The number of hydrogen-bond donors (Lipinski definition) is 1. The lowest BCUT2D eigenvalue weighted by Crippen LogP contribution is -2.50. The Hall–Kier alpha value is -0.560. The summed E-state index contributed by atoms with van der Waals surface area (Å²) >= 11 is 3.71. The molecule has 1 aromatic rings. The number of carbonyl (C=O) groups excluding carboxylic acids is 1. The summed E-state index contributed by atoms with van der Waals surface area (Å²) in [6.07, 6.45) is 22.2. The maximum atomic E-state index is 12.3. The number of aryl methyl sites for hydroxylation is 1. The van der Waals surface area contributed by atoms with E-state index in [9.17, 15) is 4.79 Å². The number of amides is 1. The summed E-state index contributed by atoms with van der Waals surface area (Å²) < 4.78 is 1.22. The monoisotopic (exact) mass is 563 g/mol. The molecule has 1 aromatic heterocycles. The fraction of sp³-hybridized carbons (Fsp3) is 0.844. The lowest BCUT2D eigenvalue weighted by molar-refractivity contribution is 0.0855. The Bertz CT molecular complexity index is 775. The predicted octanol–water partition coefficient (Wildman–Crippen LogP) is 8.53. The Balaban J connectivity index is 1.24. The van der Waals surface area contributed by atoms with Crippen LogP contribution in [0.4, 0.5) is 0 Å². The van der Waals surface area contributed by atoms with Crippen molar-refractivity contribution in [1.29, 1.82) is 0 Å². The SMILES string of the molecule is CCCCCCCCCCCCC(CCC)N1CCN(CCCCC2CNC(=O)c3cc(C)sc3S2)CC1. The maximum absolute atomic E-state index is 12.3. The Labute approximate surface area is 243 Å². The number of unbranched alkanes of at least 4 members (excludes halogenated alkanes) is 10. The summed E-state index contributed by atoms with van der Waals surface area (Å²) in [5, 5.41) is 3.66. The van der Waals surface area contributed by atoms with Crippen molar-refractivity contribution in [3.8, 4) is 0 Å². The molecule has 218 valence electrons. The van der Waals surface area contributed by atoms with Gasteiger partial charge in [-0.25, -0.2) is 0 Å². The molecule has 0 spiro atoms. The molecule has 1 fully saturated rings. The number of fused-ring (bicyclic) bond motifs is 1. The van der Waals surface area contributed by atoms with Crippen LogP contribution in [0, 0.1) is 6.92 Å². The van der Waals surface area contributed by atoms with E-state index in [0.717, 1.165) is 18.2 Å². The second-order valence-corrected chi connectivity index (χ2v) is 14.6. The fourth-order valence-electron chi connectivity index (χ4n) is 6.16. The van der Waals surface area contributed by atoms with E-state index >= 15 is 0 Å². The second-order valence-electron chi connectivity index (χ2n) is 11.8. The minimum atomic E-state index is 0.117. The highest BCUT2D eigenvalue weighted by molar-refractivity contribution is 8.01. The minimum absolute atomic E-state index is 0.117. The topological polar surface area (TPSA) is 35.6 Å². The molecule has 1 saturated heterocycles. The first-order valence-electron chi connectivity index (χ1n) is 16.1. The molecule has 1 N–H and O–H groups in total. The standard InChI is InChI=1S/C32H57N3OS2/c1-4-6-7-8-9-10-11-12-13-14-18-28(17-5-2)35-23-21-34(22-24-35)20-16-15-19-29-26-33-31(36)30-25-27(3)37-32(30)38-29/h25,28-29H,4-24,26H2,1-3H3,(H,33,36). The largest absolute Gasteiger partial charge is 0.351 e. The summed E-state index contributed by atoms with van der Waals surface area (Å²) in [5.41, 5.74) is 0.896. The van der Waals surface area contributed by atoms with Gasteiger partial charge in [0.1, 0.15) is 0 Å². The third-order valence-electron chi connectivity index (χ3n) is 8.52. The Kier molecular flexibility index (Phi) is 15.7. The average molecular weight is 564 g/mol. The molecule has 3 rings (SSSR count). The minimum Gasteiger partial charge on any atom is -0.351 e. The van der Waals surface area contributed by atoms with E-state index in [4.69, 9.17) is 0 Å². The zero-order valence-electron chi connectivity index (χ0n) is 24.9. The summed E-state index contributed by atoms with van der Waals surface area (Å²) in [5.74, 6) is 0.117. The highest BCUT2D eigenvalue weighted by Crippen LogP contribution is 2.37. The molecule has 2 aliphatic heterocycles. The number of rotatable bonds is 19. The highest BCUT2D eigenvalue weighted by Gasteiger charge is 2.25. The van der Waals surface area contributed by atoms with Crippen LogP contribution in [-0.4, -0.2) is 66.3 Å². The quantitative estimate of drug-likeness (QED) is 0.171. The molecule has 0 saturated carbocycles. The van der Waals surface area contributed by atoms with E-state index in [2.05, 4.69) is 35.9 Å². The molecule has 2 aliphatic rings. The molecule has 6 heteroatoms. The van der Waals surface area contributed by atoms with Crippen LogP contribution < -0.4 is 5.32 Å². The first kappa shape index (κ1) is 32.0. The van der Waals surface area contributed by atoms with E-state index in [-0.39, 0.29) is 5.91 Å². The van der Waals surface area contributed by atoms with Gasteiger partial charge in [0.2, 0.25) is 0 Å². The highest BCUT2D eigenvalue weighted by atomic mass is 32.2. The molecule has 0 radical (unpaired) electrons. The number of piperazine rings is 1. The number of thiophene rings is 1. The van der Waals surface area contributed by atoms with Crippen LogP contribution in [0.15, 0.2) is 10.3 Å². The van der Waals surface area contributed by atoms with Gasteiger partial charge in [-0.2, -0.15) is 0 Å². The lowest BCUT2D eigenvalue weighted by Gasteiger charge is -2.39. The van der Waals surface area contributed by atoms with Crippen LogP contribution in [0.3, 0.4) is 0 Å². The molecule has 3 heterocycles. The molecule has 2 atom stereocenters. The van der Waals surface area contributed by atoms with E-state index in [1.165, 1.54) is 145 Å². The molecule has 38 heavy (non-hydrogen) atoms. The van der Waals surface area contributed by atoms with Gasteiger partial charge in [-0.15, -0.1) is 23.1 Å². The fourth-order valence-corrected chi connectivity index (χ4v) is 8.92. The average Bonchev–Trinajstić information content (AvgIpc) is 3.23. The van der Waals surface area contributed by atoms with Crippen molar-refractivity contribution in [3.05, 3.63) is 16.5 Å². The zero-order valence-corrected chi connectivity index (χ0v) is 26.5. The molecule has 4 nitrogen and oxygen atoms in total. The summed E-state index contributed by atoms with van der Waals surface area (Å²) in [6, 6.07) is 2.86. The van der Waals surface area contributed by atoms with Crippen LogP contribution in [0.2, 0.25) is 0 Å². The van der Waals surface area contributed by atoms with Crippen molar-refractivity contribution in [2.45, 2.75) is 139 Å². The van der Waals surface area contributed by atoms with Crippen molar-refractivity contribution >= 4 is 29.0 Å². The smallest absolute Gasteiger partial charge is 0.253 e. The second kappa shape index (κ2) is 18.7.